The molecule has 0 aliphatic carbocycles. The lowest BCUT2D eigenvalue weighted by Crippen LogP contribution is -2.22. The maximum atomic E-state index is 11.0. The number of benzene rings is 1. The van der Waals surface area contributed by atoms with Gasteiger partial charge < -0.3 is 10.1 Å². The third kappa shape index (κ3) is 2.76. The highest BCUT2D eigenvalue weighted by Gasteiger charge is 2.09. The van der Waals surface area contributed by atoms with Crippen molar-refractivity contribution in [2.45, 2.75) is 13.3 Å². The number of hydrogen-bond acceptors (Lipinski definition) is 3. The molecule has 0 unspecified atom stereocenters. The molecule has 2 aromatic rings. The number of carbonyl (C=O) groups is 2. The predicted octanol–water partition coefficient (Wildman–Crippen LogP) is 1.37. The number of fused-ring (bicyclic) bond motifs is 1. The average molecular weight is 260 g/mol. The van der Waals surface area contributed by atoms with Crippen molar-refractivity contribution in [3.63, 3.8) is 0 Å². The van der Waals surface area contributed by atoms with Crippen LogP contribution in [0.25, 0.3) is 10.9 Å². The number of amides is 1. The summed E-state index contributed by atoms with van der Waals surface area (Å²) < 4.78 is 6.74. The molecule has 0 atom stereocenters. The fourth-order valence-electron chi connectivity index (χ4n) is 2.09. The lowest BCUT2D eigenvalue weighted by molar-refractivity contribution is -0.118. The van der Waals surface area contributed by atoms with E-state index in [2.05, 4.69) is 5.32 Å². The van der Waals surface area contributed by atoms with Crippen LogP contribution in [0.1, 0.15) is 12.5 Å². The summed E-state index contributed by atoms with van der Waals surface area (Å²) in [5.74, 6) is 0.689. The molecule has 0 spiro atoms. The number of methoxy groups -OCH3 is 1. The molecule has 1 heterocycles. The highest BCUT2D eigenvalue weighted by Crippen LogP contribution is 2.25. The molecule has 0 bridgehead atoms. The Morgan fingerprint density at radius 1 is 1.47 bits per heavy atom. The van der Waals surface area contributed by atoms with E-state index in [9.17, 15) is 9.59 Å². The average Bonchev–Trinajstić information content (AvgIpc) is 2.76. The number of nitrogens with one attached hydrogen (secondary N) is 1. The van der Waals surface area contributed by atoms with Gasteiger partial charge in [0.25, 0.3) is 0 Å². The maximum Gasteiger partial charge on any atom is 0.218 e. The predicted molar refractivity (Wildman–Crippen MR) is 73.0 cm³/mol. The van der Waals surface area contributed by atoms with E-state index in [1.54, 1.807) is 13.3 Å². The molecular weight excluding hydrogens is 244 g/mol. The van der Waals surface area contributed by atoms with Crippen LogP contribution < -0.4 is 10.1 Å². The molecule has 1 amide bonds. The van der Waals surface area contributed by atoms with Crippen LogP contribution in [0.3, 0.4) is 0 Å². The molecule has 0 aliphatic rings. The van der Waals surface area contributed by atoms with Gasteiger partial charge in [-0.2, -0.15) is 0 Å². The van der Waals surface area contributed by atoms with Gasteiger partial charge in [-0.25, -0.2) is 0 Å². The molecule has 19 heavy (non-hydrogen) atoms. The lowest BCUT2D eigenvalue weighted by Gasteiger charge is -2.03. The Balaban J connectivity index is 2.35. The van der Waals surface area contributed by atoms with Gasteiger partial charge in [0.2, 0.25) is 12.3 Å². The fourth-order valence-corrected chi connectivity index (χ4v) is 2.09. The SMILES string of the molecule is COc1ccc2c(c1)c(CCNC(C)=O)cn2C=O. The highest BCUT2D eigenvalue weighted by molar-refractivity contribution is 5.89. The van der Waals surface area contributed by atoms with Gasteiger partial charge in [0.1, 0.15) is 5.75 Å². The molecule has 2 rings (SSSR count). The van der Waals surface area contributed by atoms with E-state index < -0.39 is 0 Å². The zero-order valence-electron chi connectivity index (χ0n) is 11.0. The summed E-state index contributed by atoms with van der Waals surface area (Å²) in [6, 6.07) is 5.57. The Morgan fingerprint density at radius 3 is 2.89 bits per heavy atom. The highest BCUT2D eigenvalue weighted by atomic mass is 16.5. The molecule has 1 aromatic heterocycles. The van der Waals surface area contributed by atoms with Gasteiger partial charge in [-0.3, -0.25) is 14.2 Å². The van der Waals surface area contributed by atoms with Crippen molar-refractivity contribution >= 4 is 23.2 Å². The van der Waals surface area contributed by atoms with Crippen molar-refractivity contribution in [3.8, 4) is 5.75 Å². The topological polar surface area (TPSA) is 60.3 Å². The monoisotopic (exact) mass is 260 g/mol. The van der Waals surface area contributed by atoms with Crippen molar-refractivity contribution in [1.82, 2.24) is 9.88 Å². The maximum absolute atomic E-state index is 11.0. The van der Waals surface area contributed by atoms with Crippen molar-refractivity contribution in [2.75, 3.05) is 13.7 Å². The summed E-state index contributed by atoms with van der Waals surface area (Å²) in [6.45, 7) is 2.03. The largest absolute Gasteiger partial charge is 0.497 e. The molecular formula is C14H16N2O3. The van der Waals surface area contributed by atoms with E-state index in [0.717, 1.165) is 28.6 Å². The van der Waals surface area contributed by atoms with Crippen LogP contribution in [0.5, 0.6) is 5.75 Å². The number of aromatic nitrogens is 1. The normalized spacial score (nSPS) is 10.4. The molecule has 5 heteroatoms. The van der Waals surface area contributed by atoms with E-state index >= 15 is 0 Å². The summed E-state index contributed by atoms with van der Waals surface area (Å²) in [5.41, 5.74) is 1.85. The van der Waals surface area contributed by atoms with Crippen molar-refractivity contribution in [1.29, 1.82) is 0 Å². The summed E-state index contributed by atoms with van der Waals surface area (Å²) in [4.78, 5) is 21.9. The van der Waals surface area contributed by atoms with Gasteiger partial charge in [-0.05, 0) is 30.2 Å². The third-order valence-electron chi connectivity index (χ3n) is 3.00. The van der Waals surface area contributed by atoms with Crippen LogP contribution in [0.2, 0.25) is 0 Å². The van der Waals surface area contributed by atoms with Crippen LogP contribution in [-0.2, 0) is 16.0 Å². The van der Waals surface area contributed by atoms with Gasteiger partial charge in [-0.15, -0.1) is 0 Å². The smallest absolute Gasteiger partial charge is 0.218 e. The minimum atomic E-state index is -0.0586. The Bertz CT molecular complexity index is 616. The Kier molecular flexibility index (Phi) is 3.85. The van der Waals surface area contributed by atoms with Crippen LogP contribution in [0, 0.1) is 0 Å². The summed E-state index contributed by atoms with van der Waals surface area (Å²) in [7, 11) is 1.61. The number of rotatable bonds is 5. The van der Waals surface area contributed by atoms with Crippen LogP contribution in [0.15, 0.2) is 24.4 Å². The number of hydrogen-bond donors (Lipinski definition) is 1. The van der Waals surface area contributed by atoms with Gasteiger partial charge >= 0.3 is 0 Å². The lowest BCUT2D eigenvalue weighted by atomic mass is 10.1. The Hall–Kier alpha value is -2.30. The Labute approximate surface area is 111 Å². The van der Waals surface area contributed by atoms with E-state index in [1.165, 1.54) is 11.5 Å². The van der Waals surface area contributed by atoms with Gasteiger partial charge in [0.15, 0.2) is 0 Å². The molecule has 5 nitrogen and oxygen atoms in total. The van der Waals surface area contributed by atoms with E-state index in [1.807, 2.05) is 18.2 Å². The fraction of sp³-hybridized carbons (Fsp3) is 0.286. The molecule has 0 saturated carbocycles. The third-order valence-corrected chi connectivity index (χ3v) is 3.00. The second-order valence-corrected chi connectivity index (χ2v) is 4.28. The summed E-state index contributed by atoms with van der Waals surface area (Å²) >= 11 is 0. The molecule has 0 radical (unpaired) electrons. The van der Waals surface area contributed by atoms with Crippen molar-refractivity contribution in [3.05, 3.63) is 30.0 Å². The molecule has 100 valence electrons. The van der Waals surface area contributed by atoms with Crippen LogP contribution in [-0.4, -0.2) is 30.5 Å². The van der Waals surface area contributed by atoms with E-state index in [0.29, 0.717) is 13.0 Å². The molecule has 0 aliphatic heterocycles. The summed E-state index contributed by atoms with van der Waals surface area (Å²) in [5, 5.41) is 3.72. The zero-order chi connectivity index (χ0) is 13.8. The molecule has 1 N–H and O–H groups in total. The first kappa shape index (κ1) is 13.1. The van der Waals surface area contributed by atoms with E-state index in [4.69, 9.17) is 4.74 Å². The van der Waals surface area contributed by atoms with Gasteiger partial charge in [-0.1, -0.05) is 0 Å². The second kappa shape index (κ2) is 5.56. The van der Waals surface area contributed by atoms with Gasteiger partial charge in [0, 0.05) is 25.1 Å². The standard InChI is InChI=1S/C14H16N2O3/c1-10(18)15-6-5-11-8-16(9-17)14-4-3-12(19-2)7-13(11)14/h3-4,7-9H,5-6H2,1-2H3,(H,15,18). The minimum absolute atomic E-state index is 0.0586. The Morgan fingerprint density at radius 2 is 2.26 bits per heavy atom. The van der Waals surface area contributed by atoms with Crippen LogP contribution >= 0.6 is 0 Å². The molecule has 0 saturated heterocycles. The number of nitrogens with zero attached hydrogens (tertiary/aromatic N) is 1. The van der Waals surface area contributed by atoms with Crippen molar-refractivity contribution in [2.24, 2.45) is 0 Å². The first-order chi connectivity index (χ1) is 9.15. The summed E-state index contributed by atoms with van der Waals surface area (Å²) in [6.07, 6.45) is 3.24. The van der Waals surface area contributed by atoms with Crippen LogP contribution in [0.4, 0.5) is 0 Å². The first-order valence-electron chi connectivity index (χ1n) is 6.03. The quantitative estimate of drug-likeness (QED) is 0.826. The zero-order valence-corrected chi connectivity index (χ0v) is 11.0. The van der Waals surface area contributed by atoms with E-state index in [-0.39, 0.29) is 5.91 Å². The van der Waals surface area contributed by atoms with Crippen molar-refractivity contribution < 1.29 is 14.3 Å². The van der Waals surface area contributed by atoms with Gasteiger partial charge in [0.05, 0.1) is 12.6 Å². The minimum Gasteiger partial charge on any atom is -0.497 e. The molecule has 1 aromatic carbocycles. The molecule has 0 fully saturated rings. The second-order valence-electron chi connectivity index (χ2n) is 4.28. The number of carbonyl (C=O) groups excluding carboxylic acids is 2. The number of ether oxygens (including phenoxy) is 1. The first-order valence-corrected chi connectivity index (χ1v) is 6.03.